The Morgan fingerprint density at radius 2 is 2.00 bits per heavy atom. The molecule has 1 aromatic carbocycles. The van der Waals surface area contributed by atoms with Crippen molar-refractivity contribution in [2.45, 2.75) is 26.5 Å². The van der Waals surface area contributed by atoms with Crippen LogP contribution < -0.4 is 11.1 Å². The Labute approximate surface area is 171 Å². The lowest BCUT2D eigenvalue weighted by Gasteiger charge is -2.08. The summed E-state index contributed by atoms with van der Waals surface area (Å²) in [7, 11) is 0. The van der Waals surface area contributed by atoms with Crippen molar-refractivity contribution in [3.05, 3.63) is 65.0 Å². The molecule has 0 fully saturated rings. The van der Waals surface area contributed by atoms with E-state index in [1.165, 1.54) is 18.5 Å². The molecule has 3 rings (SSSR count). The van der Waals surface area contributed by atoms with E-state index in [1.54, 1.807) is 32.0 Å². The van der Waals surface area contributed by atoms with E-state index in [1.807, 2.05) is 0 Å². The molecule has 0 radical (unpaired) electrons. The maximum Gasteiger partial charge on any atom is 0.342 e. The molecule has 0 atom stereocenters. The molecular formula is C20H19ClN4O4. The second kappa shape index (κ2) is 8.74. The van der Waals surface area contributed by atoms with Crippen molar-refractivity contribution in [2.24, 2.45) is 5.73 Å². The number of nitrogens with zero attached hydrogens (tertiary/aromatic N) is 2. The molecule has 1 amide bonds. The minimum absolute atomic E-state index is 0.0635. The van der Waals surface area contributed by atoms with E-state index in [4.69, 9.17) is 26.5 Å². The lowest BCUT2D eigenvalue weighted by molar-refractivity contribution is -0.115. The van der Waals surface area contributed by atoms with Gasteiger partial charge in [-0.1, -0.05) is 11.6 Å². The van der Waals surface area contributed by atoms with Gasteiger partial charge in [0.2, 0.25) is 0 Å². The number of nitrogens with one attached hydrogen (secondary N) is 1. The number of aromatic nitrogens is 2. The summed E-state index contributed by atoms with van der Waals surface area (Å²) in [5, 5.41) is 3.69. The number of halogens is 1. The first-order valence-corrected chi connectivity index (χ1v) is 9.17. The highest BCUT2D eigenvalue weighted by Crippen LogP contribution is 2.28. The van der Waals surface area contributed by atoms with Crippen molar-refractivity contribution in [2.75, 3.05) is 0 Å². The topological polar surface area (TPSA) is 120 Å². The third kappa shape index (κ3) is 4.72. The van der Waals surface area contributed by atoms with Gasteiger partial charge in [0.05, 0.1) is 18.2 Å². The Morgan fingerprint density at radius 1 is 1.28 bits per heavy atom. The summed E-state index contributed by atoms with van der Waals surface area (Å²) in [6.07, 6.45) is 3.88. The van der Waals surface area contributed by atoms with E-state index in [2.05, 4.69) is 15.3 Å². The zero-order chi connectivity index (χ0) is 21.0. The standard InChI is InChI=1S/C20H19ClN4O4/c1-11(2)28-20(27)15-8-13(21)6-12-7-14(29-17(12)15)10-25-19(26)16(9-22)18-23-4-3-5-24-18/h3-9,11H,10,22H2,1-2H3,(H,25,26)/b16-9+. The highest BCUT2D eigenvalue weighted by Gasteiger charge is 2.19. The maximum absolute atomic E-state index is 12.4. The summed E-state index contributed by atoms with van der Waals surface area (Å²) >= 11 is 6.11. The van der Waals surface area contributed by atoms with Crippen molar-refractivity contribution in [1.82, 2.24) is 15.3 Å². The van der Waals surface area contributed by atoms with Crippen LogP contribution in [0.2, 0.25) is 5.02 Å². The SMILES string of the molecule is CC(C)OC(=O)c1cc(Cl)cc2cc(CNC(=O)/C(=C/N)c3ncccn3)oc12. The first kappa shape index (κ1) is 20.3. The fourth-order valence-electron chi connectivity index (χ4n) is 2.64. The van der Waals surface area contributed by atoms with Gasteiger partial charge in [0.1, 0.15) is 16.9 Å². The van der Waals surface area contributed by atoms with Crippen LogP contribution in [0, 0.1) is 0 Å². The monoisotopic (exact) mass is 414 g/mol. The van der Waals surface area contributed by atoms with Crippen LogP contribution >= 0.6 is 11.6 Å². The summed E-state index contributed by atoms with van der Waals surface area (Å²) in [6.45, 7) is 3.57. The van der Waals surface area contributed by atoms with Crippen LogP contribution in [0.4, 0.5) is 0 Å². The Morgan fingerprint density at radius 3 is 2.66 bits per heavy atom. The molecule has 150 valence electrons. The summed E-state index contributed by atoms with van der Waals surface area (Å²) < 4.78 is 11.0. The highest BCUT2D eigenvalue weighted by molar-refractivity contribution is 6.32. The predicted molar refractivity (Wildman–Crippen MR) is 108 cm³/mol. The molecule has 2 aromatic heterocycles. The van der Waals surface area contributed by atoms with Crippen LogP contribution in [-0.4, -0.2) is 27.9 Å². The van der Waals surface area contributed by atoms with Gasteiger partial charge in [-0.25, -0.2) is 14.8 Å². The Balaban J connectivity index is 1.81. The molecule has 0 unspecified atom stereocenters. The number of nitrogens with two attached hydrogens (primary N) is 1. The molecule has 0 aliphatic heterocycles. The fourth-order valence-corrected chi connectivity index (χ4v) is 2.87. The Hall–Kier alpha value is -3.39. The molecule has 0 aliphatic rings. The zero-order valence-corrected chi connectivity index (χ0v) is 16.6. The number of amides is 1. The van der Waals surface area contributed by atoms with Gasteiger partial charge in [-0.2, -0.15) is 0 Å². The molecule has 3 aromatic rings. The second-order valence-electron chi connectivity index (χ2n) is 6.37. The van der Waals surface area contributed by atoms with E-state index in [-0.39, 0.29) is 29.6 Å². The number of hydrogen-bond acceptors (Lipinski definition) is 7. The van der Waals surface area contributed by atoms with Gasteiger partial charge >= 0.3 is 5.97 Å². The molecule has 0 saturated heterocycles. The van der Waals surface area contributed by atoms with Crippen LogP contribution in [0.25, 0.3) is 16.5 Å². The van der Waals surface area contributed by atoms with Crippen molar-refractivity contribution >= 4 is 40.0 Å². The first-order valence-electron chi connectivity index (χ1n) is 8.79. The molecule has 0 spiro atoms. The van der Waals surface area contributed by atoms with Crippen LogP contribution in [0.3, 0.4) is 0 Å². The van der Waals surface area contributed by atoms with E-state index < -0.39 is 11.9 Å². The number of carbonyl (C=O) groups is 2. The van der Waals surface area contributed by atoms with Crippen LogP contribution in [0.15, 0.2) is 47.3 Å². The third-order valence-electron chi connectivity index (χ3n) is 3.84. The molecule has 9 heteroatoms. The van der Waals surface area contributed by atoms with Crippen molar-refractivity contribution < 1.29 is 18.7 Å². The normalized spacial score (nSPS) is 11.7. The first-order chi connectivity index (χ1) is 13.9. The number of esters is 1. The van der Waals surface area contributed by atoms with Crippen molar-refractivity contribution in [1.29, 1.82) is 0 Å². The van der Waals surface area contributed by atoms with Gasteiger partial charge in [-0.3, -0.25) is 4.79 Å². The largest absolute Gasteiger partial charge is 0.459 e. The Bertz CT molecular complexity index is 1080. The van der Waals surface area contributed by atoms with Crippen molar-refractivity contribution in [3.63, 3.8) is 0 Å². The molecule has 0 bridgehead atoms. The highest BCUT2D eigenvalue weighted by atomic mass is 35.5. The minimum atomic E-state index is -0.535. The quantitative estimate of drug-likeness (QED) is 0.469. The fraction of sp³-hybridized carbons (Fsp3) is 0.200. The summed E-state index contributed by atoms with van der Waals surface area (Å²) in [4.78, 5) is 32.8. The Kier molecular flexibility index (Phi) is 6.13. The van der Waals surface area contributed by atoms with Gasteiger partial charge in [0, 0.05) is 29.0 Å². The lowest BCUT2D eigenvalue weighted by Crippen LogP contribution is -2.25. The zero-order valence-electron chi connectivity index (χ0n) is 15.8. The number of rotatable bonds is 6. The number of ether oxygens (including phenoxy) is 1. The van der Waals surface area contributed by atoms with E-state index in [0.29, 0.717) is 21.8 Å². The van der Waals surface area contributed by atoms with Crippen LogP contribution in [-0.2, 0) is 16.1 Å². The molecule has 0 aliphatic carbocycles. The third-order valence-corrected chi connectivity index (χ3v) is 4.05. The predicted octanol–water partition coefficient (Wildman–Crippen LogP) is 3.06. The molecule has 3 N–H and O–H groups in total. The van der Waals surface area contributed by atoms with Gasteiger partial charge in [-0.15, -0.1) is 0 Å². The number of hydrogen-bond donors (Lipinski definition) is 2. The maximum atomic E-state index is 12.4. The van der Waals surface area contributed by atoms with Gasteiger partial charge in [-0.05, 0) is 38.1 Å². The average molecular weight is 415 g/mol. The number of carbonyl (C=O) groups excluding carboxylic acids is 2. The van der Waals surface area contributed by atoms with Gasteiger partial charge < -0.3 is 20.2 Å². The van der Waals surface area contributed by atoms with E-state index >= 15 is 0 Å². The number of benzene rings is 1. The summed E-state index contributed by atoms with van der Waals surface area (Å²) in [5.74, 6) is -0.356. The molecule has 29 heavy (non-hydrogen) atoms. The molecule has 2 heterocycles. The van der Waals surface area contributed by atoms with Crippen molar-refractivity contribution in [3.8, 4) is 0 Å². The van der Waals surface area contributed by atoms with Gasteiger partial charge in [0.15, 0.2) is 5.82 Å². The average Bonchev–Trinajstić information content (AvgIpc) is 3.09. The summed E-state index contributed by atoms with van der Waals surface area (Å²) in [6, 6.07) is 6.48. The number of fused-ring (bicyclic) bond motifs is 1. The molecule has 8 nitrogen and oxygen atoms in total. The number of furan rings is 1. The lowest BCUT2D eigenvalue weighted by atomic mass is 10.1. The van der Waals surface area contributed by atoms with Crippen LogP contribution in [0.5, 0.6) is 0 Å². The van der Waals surface area contributed by atoms with Gasteiger partial charge in [0.25, 0.3) is 5.91 Å². The minimum Gasteiger partial charge on any atom is -0.459 e. The molecule has 0 saturated carbocycles. The van der Waals surface area contributed by atoms with E-state index in [0.717, 1.165) is 6.20 Å². The smallest absolute Gasteiger partial charge is 0.342 e. The second-order valence-corrected chi connectivity index (χ2v) is 6.81. The summed E-state index contributed by atoms with van der Waals surface area (Å²) in [5.41, 5.74) is 6.24. The van der Waals surface area contributed by atoms with Crippen LogP contribution in [0.1, 0.15) is 35.8 Å². The molecular weight excluding hydrogens is 396 g/mol. The van der Waals surface area contributed by atoms with E-state index in [9.17, 15) is 9.59 Å².